The molecule has 2 rings (SSSR count). The number of aliphatic hydroxyl groups excluding tert-OH is 1. The molecule has 1 aromatic rings. The highest BCUT2D eigenvalue weighted by Crippen LogP contribution is 2.32. The first-order valence-corrected chi connectivity index (χ1v) is 6.05. The second-order valence-corrected chi connectivity index (χ2v) is 5.29. The van der Waals surface area contributed by atoms with Gasteiger partial charge in [-0.25, -0.2) is 0 Å². The van der Waals surface area contributed by atoms with Gasteiger partial charge >= 0.3 is 0 Å². The van der Waals surface area contributed by atoms with E-state index in [-0.39, 0.29) is 5.41 Å². The molecule has 0 unspecified atom stereocenters. The Morgan fingerprint density at radius 3 is 2.25 bits per heavy atom. The summed E-state index contributed by atoms with van der Waals surface area (Å²) in [5, 5.41) is 9.32. The zero-order valence-corrected chi connectivity index (χ0v) is 10.2. The van der Waals surface area contributed by atoms with E-state index in [1.54, 1.807) is 0 Å². The van der Waals surface area contributed by atoms with Crippen LogP contribution in [0, 0.1) is 12.3 Å². The van der Waals surface area contributed by atoms with E-state index in [2.05, 4.69) is 43.0 Å². The summed E-state index contributed by atoms with van der Waals surface area (Å²) < 4.78 is 0. The Morgan fingerprint density at radius 2 is 1.75 bits per heavy atom. The number of anilines is 1. The summed E-state index contributed by atoms with van der Waals surface area (Å²) in [5.41, 5.74) is 2.76. The predicted molar refractivity (Wildman–Crippen MR) is 67.8 cm³/mol. The van der Waals surface area contributed by atoms with Crippen LogP contribution in [-0.2, 0) is 0 Å². The van der Waals surface area contributed by atoms with Crippen molar-refractivity contribution in [1.29, 1.82) is 0 Å². The molecule has 1 N–H and O–H groups in total. The van der Waals surface area contributed by atoms with Gasteiger partial charge in [0, 0.05) is 25.4 Å². The first kappa shape index (κ1) is 11.5. The third-order valence-corrected chi connectivity index (χ3v) is 3.75. The fourth-order valence-corrected chi connectivity index (χ4v) is 2.22. The highest BCUT2D eigenvalue weighted by Gasteiger charge is 2.29. The monoisotopic (exact) mass is 219 g/mol. The summed E-state index contributed by atoms with van der Waals surface area (Å²) >= 11 is 0. The van der Waals surface area contributed by atoms with Crippen molar-refractivity contribution >= 4 is 5.69 Å². The van der Waals surface area contributed by atoms with E-state index in [9.17, 15) is 5.11 Å². The molecule has 2 heteroatoms. The standard InChI is InChI=1S/C14H21NO/c1-12-3-5-13(6-4-12)15-9-7-14(2,11-16)8-10-15/h3-6,16H,7-11H2,1-2H3. The number of hydrogen-bond donors (Lipinski definition) is 1. The number of aryl methyl sites for hydroxylation is 1. The van der Waals surface area contributed by atoms with Crippen molar-refractivity contribution in [1.82, 2.24) is 0 Å². The lowest BCUT2D eigenvalue weighted by Gasteiger charge is -2.39. The molecule has 0 atom stereocenters. The lowest BCUT2D eigenvalue weighted by atomic mass is 9.81. The van der Waals surface area contributed by atoms with Gasteiger partial charge in [0.15, 0.2) is 0 Å². The molecule has 1 heterocycles. The number of hydrogen-bond acceptors (Lipinski definition) is 2. The second-order valence-electron chi connectivity index (χ2n) is 5.29. The lowest BCUT2D eigenvalue weighted by Crippen LogP contribution is -2.40. The largest absolute Gasteiger partial charge is 0.396 e. The van der Waals surface area contributed by atoms with Crippen LogP contribution in [0.4, 0.5) is 5.69 Å². The van der Waals surface area contributed by atoms with E-state index in [1.807, 2.05) is 0 Å². The molecule has 0 spiro atoms. The summed E-state index contributed by atoms with van der Waals surface area (Å²) in [7, 11) is 0. The van der Waals surface area contributed by atoms with Gasteiger partial charge in [0.25, 0.3) is 0 Å². The van der Waals surface area contributed by atoms with Gasteiger partial charge in [-0.1, -0.05) is 24.6 Å². The van der Waals surface area contributed by atoms with Crippen molar-refractivity contribution in [2.24, 2.45) is 5.41 Å². The molecule has 0 aromatic heterocycles. The van der Waals surface area contributed by atoms with Gasteiger partial charge in [0.05, 0.1) is 0 Å². The van der Waals surface area contributed by atoms with Gasteiger partial charge in [-0.15, -0.1) is 0 Å². The quantitative estimate of drug-likeness (QED) is 0.826. The van der Waals surface area contributed by atoms with E-state index < -0.39 is 0 Å². The van der Waals surface area contributed by atoms with E-state index in [0.717, 1.165) is 25.9 Å². The average Bonchev–Trinajstić information content (AvgIpc) is 2.32. The molecule has 2 nitrogen and oxygen atoms in total. The van der Waals surface area contributed by atoms with Gasteiger partial charge in [-0.3, -0.25) is 0 Å². The Hall–Kier alpha value is -1.02. The summed E-state index contributed by atoms with van der Waals surface area (Å²) in [6, 6.07) is 8.71. The minimum atomic E-state index is 0.140. The molecule has 1 saturated heterocycles. The van der Waals surface area contributed by atoms with Gasteiger partial charge in [-0.2, -0.15) is 0 Å². The fourth-order valence-electron chi connectivity index (χ4n) is 2.22. The summed E-state index contributed by atoms with van der Waals surface area (Å²) in [5.74, 6) is 0. The Kier molecular flexibility index (Phi) is 3.20. The van der Waals surface area contributed by atoms with Crippen molar-refractivity contribution in [3.8, 4) is 0 Å². The molecule has 1 aliphatic rings. The Bertz CT molecular complexity index is 336. The van der Waals surface area contributed by atoms with Crippen molar-refractivity contribution < 1.29 is 5.11 Å². The van der Waals surface area contributed by atoms with Gasteiger partial charge < -0.3 is 10.0 Å². The topological polar surface area (TPSA) is 23.5 Å². The van der Waals surface area contributed by atoms with Gasteiger partial charge in [0.2, 0.25) is 0 Å². The van der Waals surface area contributed by atoms with Crippen molar-refractivity contribution in [3.63, 3.8) is 0 Å². The van der Waals surface area contributed by atoms with Crippen LogP contribution in [0.1, 0.15) is 25.3 Å². The molecule has 1 aliphatic heterocycles. The van der Waals surface area contributed by atoms with E-state index in [1.165, 1.54) is 11.3 Å². The van der Waals surface area contributed by atoms with Crippen molar-refractivity contribution in [2.45, 2.75) is 26.7 Å². The maximum atomic E-state index is 9.32. The number of piperidine rings is 1. The molecular formula is C14H21NO. The molecule has 1 fully saturated rings. The van der Waals surface area contributed by atoms with Crippen LogP contribution in [0.3, 0.4) is 0 Å². The summed E-state index contributed by atoms with van der Waals surface area (Å²) in [6.07, 6.45) is 2.16. The average molecular weight is 219 g/mol. The minimum absolute atomic E-state index is 0.140. The van der Waals surface area contributed by atoms with Gasteiger partial charge in [-0.05, 0) is 37.3 Å². The smallest absolute Gasteiger partial charge is 0.0486 e. The minimum Gasteiger partial charge on any atom is -0.396 e. The second kappa shape index (κ2) is 4.46. The van der Waals surface area contributed by atoms with Crippen molar-refractivity contribution in [2.75, 3.05) is 24.6 Å². The van der Waals surface area contributed by atoms with Crippen LogP contribution >= 0.6 is 0 Å². The molecule has 0 saturated carbocycles. The zero-order valence-electron chi connectivity index (χ0n) is 10.2. The molecular weight excluding hydrogens is 198 g/mol. The first-order chi connectivity index (χ1) is 7.63. The SMILES string of the molecule is Cc1ccc(N2CCC(C)(CO)CC2)cc1. The highest BCUT2D eigenvalue weighted by atomic mass is 16.3. The molecule has 1 aromatic carbocycles. The molecule has 0 amide bonds. The maximum absolute atomic E-state index is 9.32. The predicted octanol–water partition coefficient (Wildman–Crippen LogP) is 2.59. The Labute approximate surface area is 97.9 Å². The fraction of sp³-hybridized carbons (Fsp3) is 0.571. The molecule has 0 radical (unpaired) electrons. The van der Waals surface area contributed by atoms with Crippen LogP contribution < -0.4 is 4.90 Å². The molecule has 0 bridgehead atoms. The lowest BCUT2D eigenvalue weighted by molar-refractivity contribution is 0.115. The van der Waals surface area contributed by atoms with Gasteiger partial charge in [0.1, 0.15) is 0 Å². The van der Waals surface area contributed by atoms with Crippen LogP contribution in [0.25, 0.3) is 0 Å². The Morgan fingerprint density at radius 1 is 1.19 bits per heavy atom. The van der Waals surface area contributed by atoms with Crippen molar-refractivity contribution in [3.05, 3.63) is 29.8 Å². The number of nitrogens with zero attached hydrogens (tertiary/aromatic N) is 1. The molecule has 88 valence electrons. The summed E-state index contributed by atoms with van der Waals surface area (Å²) in [4.78, 5) is 2.41. The molecule has 16 heavy (non-hydrogen) atoms. The van der Waals surface area contributed by atoms with Crippen LogP contribution in [0.5, 0.6) is 0 Å². The third-order valence-electron chi connectivity index (χ3n) is 3.75. The Balaban J connectivity index is 2.01. The molecule has 0 aliphatic carbocycles. The normalized spacial score (nSPS) is 19.8. The summed E-state index contributed by atoms with van der Waals surface area (Å²) in [6.45, 7) is 6.72. The van der Waals surface area contributed by atoms with Crippen LogP contribution in [0.15, 0.2) is 24.3 Å². The number of aliphatic hydroxyl groups is 1. The number of rotatable bonds is 2. The van der Waals surface area contributed by atoms with E-state index in [0.29, 0.717) is 6.61 Å². The van der Waals surface area contributed by atoms with E-state index in [4.69, 9.17) is 0 Å². The number of benzene rings is 1. The maximum Gasteiger partial charge on any atom is 0.0486 e. The zero-order chi connectivity index (χ0) is 11.6. The highest BCUT2D eigenvalue weighted by molar-refractivity contribution is 5.47. The third kappa shape index (κ3) is 2.38. The first-order valence-electron chi connectivity index (χ1n) is 6.05. The van der Waals surface area contributed by atoms with E-state index >= 15 is 0 Å². The van der Waals surface area contributed by atoms with Crippen LogP contribution in [0.2, 0.25) is 0 Å². The van der Waals surface area contributed by atoms with Crippen LogP contribution in [-0.4, -0.2) is 24.8 Å².